The third-order valence-electron chi connectivity index (χ3n) is 1.36. The summed E-state index contributed by atoms with van der Waals surface area (Å²) in [7, 11) is 1.81. The van der Waals surface area contributed by atoms with Crippen LogP contribution in [0.2, 0.25) is 0 Å². The van der Waals surface area contributed by atoms with Crippen molar-refractivity contribution in [1.29, 1.82) is 0 Å². The van der Waals surface area contributed by atoms with Crippen molar-refractivity contribution in [2.75, 3.05) is 7.05 Å². The third kappa shape index (κ3) is 2.72. The second-order valence-corrected chi connectivity index (χ2v) is 2.01. The minimum Gasteiger partial charge on any atom is -0.687 e. The van der Waals surface area contributed by atoms with Gasteiger partial charge in [-0.25, -0.2) is 0 Å². The van der Waals surface area contributed by atoms with Crippen molar-refractivity contribution >= 4 is 5.69 Å². The summed E-state index contributed by atoms with van der Waals surface area (Å²) < 4.78 is 0. The summed E-state index contributed by atoms with van der Waals surface area (Å²) in [5.74, 6) is 0. The van der Waals surface area contributed by atoms with Crippen molar-refractivity contribution in [2.45, 2.75) is 6.92 Å². The number of benzene rings is 1. The van der Waals surface area contributed by atoms with Gasteiger partial charge in [0.1, 0.15) is 0 Å². The first-order valence-electron chi connectivity index (χ1n) is 3.00. The van der Waals surface area contributed by atoms with Crippen LogP contribution in [0.15, 0.2) is 24.3 Å². The van der Waals surface area contributed by atoms with Crippen LogP contribution in [0.4, 0.5) is 5.69 Å². The molecule has 10 heavy (non-hydrogen) atoms. The van der Waals surface area contributed by atoms with Gasteiger partial charge in [0.2, 0.25) is 0 Å². The van der Waals surface area contributed by atoms with Crippen molar-refractivity contribution in [3.8, 4) is 0 Å². The van der Waals surface area contributed by atoms with Gasteiger partial charge in [0.05, 0.1) is 0 Å². The van der Waals surface area contributed by atoms with Gasteiger partial charge in [-0.3, -0.25) is 0 Å². The van der Waals surface area contributed by atoms with Crippen LogP contribution in [-0.2, 0) is 0 Å². The van der Waals surface area contributed by atoms with Crippen molar-refractivity contribution in [1.82, 2.24) is 0 Å². The fourth-order valence-corrected chi connectivity index (χ4v) is 0.814. The Hall–Kier alpha value is 0.656. The third-order valence-corrected chi connectivity index (χ3v) is 1.36. The Morgan fingerprint density at radius 3 is 2.20 bits per heavy atom. The largest absolute Gasteiger partial charge is 1.00 e. The Labute approximate surface area is 105 Å². The maximum absolute atomic E-state index is 4.07. The topological polar surface area (TPSA) is 14.1 Å². The van der Waals surface area contributed by atoms with E-state index in [0.717, 1.165) is 5.69 Å². The summed E-state index contributed by atoms with van der Waals surface area (Å²) in [5, 5.41) is 4.07. The zero-order valence-corrected chi connectivity index (χ0v) is 9.88. The second kappa shape index (κ2) is 5.33. The predicted molar refractivity (Wildman–Crippen MR) is 40.1 cm³/mol. The van der Waals surface area contributed by atoms with Crippen LogP contribution in [0.25, 0.3) is 5.32 Å². The Bertz CT molecular complexity index is 198. The summed E-state index contributed by atoms with van der Waals surface area (Å²) in [4.78, 5) is 0. The van der Waals surface area contributed by atoms with E-state index in [-0.39, 0.29) is 51.4 Å². The van der Waals surface area contributed by atoms with E-state index in [1.165, 1.54) is 5.56 Å². The number of hydrogen-bond donors (Lipinski definition) is 0. The molecule has 0 aromatic heterocycles. The number of para-hydroxylation sites is 1. The SMILES string of the molecule is C[N-]c1ccccc1C.[K+]. The Kier molecular flexibility index (Phi) is 5.68. The van der Waals surface area contributed by atoms with E-state index in [9.17, 15) is 0 Å². The number of aryl methyl sites for hydroxylation is 1. The molecule has 0 atom stereocenters. The first-order valence-corrected chi connectivity index (χ1v) is 3.00. The van der Waals surface area contributed by atoms with E-state index in [0.29, 0.717) is 0 Å². The Morgan fingerprint density at radius 1 is 1.20 bits per heavy atom. The average Bonchev–Trinajstić information content (AvgIpc) is 1.89. The van der Waals surface area contributed by atoms with Gasteiger partial charge >= 0.3 is 51.4 Å². The van der Waals surface area contributed by atoms with Crippen LogP contribution in [-0.4, -0.2) is 7.05 Å². The molecule has 1 aromatic rings. The molecule has 1 rings (SSSR count). The predicted octanol–water partition coefficient (Wildman–Crippen LogP) is -0.366. The first kappa shape index (κ1) is 10.7. The van der Waals surface area contributed by atoms with Crippen LogP contribution in [0.5, 0.6) is 0 Å². The monoisotopic (exact) mass is 159 g/mol. The molecule has 0 saturated carbocycles. The molecule has 0 radical (unpaired) electrons. The van der Waals surface area contributed by atoms with Crippen LogP contribution in [0, 0.1) is 6.92 Å². The molecule has 0 bridgehead atoms. The minimum absolute atomic E-state index is 0. The van der Waals surface area contributed by atoms with Gasteiger partial charge in [-0.2, -0.15) is 0 Å². The zero-order valence-electron chi connectivity index (χ0n) is 6.76. The van der Waals surface area contributed by atoms with Crippen molar-refractivity contribution < 1.29 is 51.4 Å². The van der Waals surface area contributed by atoms with E-state index < -0.39 is 0 Å². The number of hydrogen-bond acceptors (Lipinski definition) is 0. The molecule has 0 aliphatic rings. The van der Waals surface area contributed by atoms with Gasteiger partial charge in [0.15, 0.2) is 0 Å². The summed E-state index contributed by atoms with van der Waals surface area (Å²) in [6.45, 7) is 2.06. The first-order chi connectivity index (χ1) is 4.34. The number of nitrogens with zero attached hydrogens (tertiary/aromatic N) is 1. The smallest absolute Gasteiger partial charge is 0.687 e. The molecule has 1 nitrogen and oxygen atoms in total. The molecule has 2 heteroatoms. The van der Waals surface area contributed by atoms with Crippen molar-refractivity contribution in [2.24, 2.45) is 0 Å². The van der Waals surface area contributed by atoms with E-state index in [2.05, 4.69) is 18.3 Å². The van der Waals surface area contributed by atoms with Gasteiger partial charge in [0, 0.05) is 0 Å². The molecule has 0 unspecified atom stereocenters. The molecule has 0 aliphatic heterocycles. The molecule has 0 spiro atoms. The van der Waals surface area contributed by atoms with Crippen LogP contribution in [0.3, 0.4) is 0 Å². The second-order valence-electron chi connectivity index (χ2n) is 2.01. The van der Waals surface area contributed by atoms with Gasteiger partial charge in [-0.15, -0.1) is 12.7 Å². The summed E-state index contributed by atoms with van der Waals surface area (Å²) in [6.07, 6.45) is 0. The maximum Gasteiger partial charge on any atom is 1.00 e. The normalized spacial score (nSPS) is 8.20. The molecule has 0 N–H and O–H groups in total. The summed E-state index contributed by atoms with van der Waals surface area (Å²) >= 11 is 0. The summed E-state index contributed by atoms with van der Waals surface area (Å²) in [5.41, 5.74) is 2.32. The average molecular weight is 159 g/mol. The zero-order chi connectivity index (χ0) is 6.69. The molecule has 0 amide bonds. The fourth-order valence-electron chi connectivity index (χ4n) is 0.814. The molecule has 1 aromatic carbocycles. The van der Waals surface area contributed by atoms with Crippen molar-refractivity contribution in [3.05, 3.63) is 35.1 Å². The standard InChI is InChI=1S/C8H10N.K/c1-7-5-3-4-6-8(7)9-2;/h3-6H,1-2H3;/q-1;+1. The summed E-state index contributed by atoms with van der Waals surface area (Å²) in [6, 6.07) is 8.08. The molecular formula is C8H10KN. The molecule has 48 valence electrons. The minimum atomic E-state index is 0. The van der Waals surface area contributed by atoms with Crippen LogP contribution < -0.4 is 51.4 Å². The van der Waals surface area contributed by atoms with E-state index >= 15 is 0 Å². The van der Waals surface area contributed by atoms with E-state index in [4.69, 9.17) is 0 Å². The van der Waals surface area contributed by atoms with Gasteiger partial charge in [0.25, 0.3) is 0 Å². The molecule has 0 aliphatic carbocycles. The Balaban J connectivity index is 0.000000810. The maximum atomic E-state index is 4.07. The van der Waals surface area contributed by atoms with E-state index in [1.54, 1.807) is 0 Å². The molecule has 0 fully saturated rings. The quantitative estimate of drug-likeness (QED) is 0.497. The van der Waals surface area contributed by atoms with Crippen LogP contribution >= 0.6 is 0 Å². The Morgan fingerprint density at radius 2 is 1.80 bits per heavy atom. The van der Waals surface area contributed by atoms with Crippen LogP contribution in [0.1, 0.15) is 5.56 Å². The van der Waals surface area contributed by atoms with Gasteiger partial charge < -0.3 is 5.32 Å². The molecule has 0 heterocycles. The molecule has 0 saturated heterocycles. The van der Waals surface area contributed by atoms with Crippen molar-refractivity contribution in [3.63, 3.8) is 0 Å². The van der Waals surface area contributed by atoms with E-state index in [1.807, 2.05) is 25.2 Å². The van der Waals surface area contributed by atoms with Gasteiger partial charge in [-0.1, -0.05) is 29.8 Å². The van der Waals surface area contributed by atoms with Gasteiger partial charge in [-0.05, 0) is 6.92 Å². The molecular weight excluding hydrogens is 149 g/mol. The number of rotatable bonds is 1. The fraction of sp³-hybridized carbons (Fsp3) is 0.250.